The van der Waals surface area contributed by atoms with E-state index in [9.17, 15) is 0 Å². The van der Waals surface area contributed by atoms with Crippen LogP contribution in [-0.4, -0.2) is 7.05 Å². The lowest BCUT2D eigenvalue weighted by atomic mass is 10.0. The van der Waals surface area contributed by atoms with Crippen LogP contribution in [0.2, 0.25) is 5.02 Å². The number of nitrogens with zero attached hydrogens (tertiary/aromatic N) is 1. The smallest absolute Gasteiger partial charge is 0.0511 e. The van der Waals surface area contributed by atoms with Crippen molar-refractivity contribution in [1.29, 1.82) is 0 Å². The second-order valence-corrected chi connectivity index (χ2v) is 5.85. The highest BCUT2D eigenvalue weighted by molar-refractivity contribution is 6.30. The number of halogens is 1. The third-order valence-corrected chi connectivity index (χ3v) is 4.34. The first-order chi connectivity index (χ1) is 10.0. The number of hydrogen-bond acceptors (Lipinski definition) is 2. The van der Waals surface area contributed by atoms with Crippen LogP contribution in [0.4, 0.5) is 5.69 Å². The van der Waals surface area contributed by atoms with Gasteiger partial charge >= 0.3 is 0 Å². The van der Waals surface area contributed by atoms with Gasteiger partial charge in [0, 0.05) is 23.8 Å². The molecule has 0 saturated heterocycles. The van der Waals surface area contributed by atoms with Gasteiger partial charge < -0.3 is 10.6 Å². The third-order valence-electron chi connectivity index (χ3n) is 4.09. The Morgan fingerprint density at radius 3 is 2.33 bits per heavy atom. The lowest BCUT2D eigenvalue weighted by molar-refractivity contribution is 0.679. The van der Waals surface area contributed by atoms with Gasteiger partial charge in [-0.2, -0.15) is 0 Å². The molecule has 21 heavy (non-hydrogen) atoms. The summed E-state index contributed by atoms with van der Waals surface area (Å²) < 4.78 is 0. The minimum atomic E-state index is 0.0704. The third kappa shape index (κ3) is 3.58. The minimum absolute atomic E-state index is 0.0704. The van der Waals surface area contributed by atoms with Crippen molar-refractivity contribution in [2.24, 2.45) is 5.73 Å². The summed E-state index contributed by atoms with van der Waals surface area (Å²) in [6.45, 7) is 4.31. The maximum Gasteiger partial charge on any atom is 0.0511 e. The highest BCUT2D eigenvalue weighted by Crippen LogP contribution is 2.31. The second-order valence-electron chi connectivity index (χ2n) is 5.41. The molecule has 0 aliphatic carbocycles. The van der Waals surface area contributed by atoms with Gasteiger partial charge in [-0.25, -0.2) is 0 Å². The average Bonchev–Trinajstić information content (AvgIpc) is 2.53. The van der Waals surface area contributed by atoms with Crippen LogP contribution >= 0.6 is 11.6 Å². The Kier molecular flexibility index (Phi) is 5.27. The summed E-state index contributed by atoms with van der Waals surface area (Å²) in [6.07, 6.45) is 0.931. The van der Waals surface area contributed by atoms with Gasteiger partial charge in [0.2, 0.25) is 0 Å². The summed E-state index contributed by atoms with van der Waals surface area (Å²) >= 11 is 5.97. The lowest BCUT2D eigenvalue weighted by Gasteiger charge is -2.30. The Morgan fingerprint density at radius 2 is 1.71 bits per heavy atom. The zero-order chi connectivity index (χ0) is 15.4. The molecule has 1 unspecified atom stereocenters. The summed E-state index contributed by atoms with van der Waals surface area (Å²) in [7, 11) is 2.11. The molecule has 0 aliphatic heterocycles. The van der Waals surface area contributed by atoms with E-state index in [4.69, 9.17) is 17.3 Å². The molecule has 0 fully saturated rings. The van der Waals surface area contributed by atoms with Crippen LogP contribution in [0.5, 0.6) is 0 Å². The highest BCUT2D eigenvalue weighted by atomic mass is 35.5. The summed E-state index contributed by atoms with van der Waals surface area (Å²) in [5.74, 6) is 0. The standard InChI is InChI=1S/C18H23ClN2/c1-4-17(20)16-7-5-6-8-18(16)21(3)13(2)14-9-11-15(19)12-10-14/h5-13,17H,4,20H2,1-3H3/t13?,17-/m0/s1. The number of rotatable bonds is 5. The molecule has 0 aliphatic rings. The topological polar surface area (TPSA) is 29.3 Å². The Hall–Kier alpha value is -1.51. The Morgan fingerprint density at radius 1 is 1.10 bits per heavy atom. The molecular formula is C18H23ClN2. The molecule has 0 radical (unpaired) electrons. The molecule has 2 aromatic rings. The van der Waals surface area contributed by atoms with Gasteiger partial charge in [0.25, 0.3) is 0 Å². The summed E-state index contributed by atoms with van der Waals surface area (Å²) in [5.41, 5.74) is 9.87. The first-order valence-corrected chi connectivity index (χ1v) is 7.75. The van der Waals surface area contributed by atoms with Crippen molar-refractivity contribution in [3.8, 4) is 0 Å². The fourth-order valence-electron chi connectivity index (χ4n) is 2.52. The van der Waals surface area contributed by atoms with Crippen molar-refractivity contribution < 1.29 is 0 Å². The molecule has 0 saturated carbocycles. The van der Waals surface area contributed by atoms with Crippen molar-refractivity contribution in [3.05, 3.63) is 64.7 Å². The van der Waals surface area contributed by atoms with Crippen LogP contribution in [0.15, 0.2) is 48.5 Å². The molecule has 0 amide bonds. The van der Waals surface area contributed by atoms with Crippen LogP contribution in [0.1, 0.15) is 43.5 Å². The normalized spacial score (nSPS) is 13.8. The molecule has 2 nitrogen and oxygen atoms in total. The van der Waals surface area contributed by atoms with Gasteiger partial charge in [0.05, 0.1) is 6.04 Å². The van der Waals surface area contributed by atoms with Gasteiger partial charge in [-0.15, -0.1) is 0 Å². The summed E-state index contributed by atoms with van der Waals surface area (Å²) in [4.78, 5) is 2.27. The van der Waals surface area contributed by atoms with Crippen LogP contribution < -0.4 is 10.6 Å². The average molecular weight is 303 g/mol. The Bertz CT molecular complexity index is 580. The van der Waals surface area contributed by atoms with Crippen molar-refractivity contribution >= 4 is 17.3 Å². The highest BCUT2D eigenvalue weighted by Gasteiger charge is 2.17. The largest absolute Gasteiger partial charge is 0.368 e. The summed E-state index contributed by atoms with van der Waals surface area (Å²) in [5, 5.41) is 0.766. The number of nitrogens with two attached hydrogens (primary N) is 1. The predicted octanol–water partition coefficient (Wildman–Crippen LogP) is 4.95. The monoisotopic (exact) mass is 302 g/mol. The molecule has 0 spiro atoms. The number of anilines is 1. The van der Waals surface area contributed by atoms with Gasteiger partial charge in [-0.3, -0.25) is 0 Å². The molecule has 2 N–H and O–H groups in total. The quantitative estimate of drug-likeness (QED) is 0.847. The molecule has 2 aromatic carbocycles. The second kappa shape index (κ2) is 6.97. The molecule has 3 heteroatoms. The summed E-state index contributed by atoms with van der Waals surface area (Å²) in [6, 6.07) is 16.7. The fraction of sp³-hybridized carbons (Fsp3) is 0.333. The lowest BCUT2D eigenvalue weighted by Crippen LogP contribution is -2.24. The minimum Gasteiger partial charge on any atom is -0.368 e. The van der Waals surface area contributed by atoms with Crippen LogP contribution in [0.25, 0.3) is 0 Å². The van der Waals surface area contributed by atoms with E-state index in [0.29, 0.717) is 0 Å². The molecule has 0 aromatic heterocycles. The van der Waals surface area contributed by atoms with Gasteiger partial charge in [-0.05, 0) is 42.7 Å². The first-order valence-electron chi connectivity index (χ1n) is 7.37. The van der Waals surface area contributed by atoms with Gasteiger partial charge in [0.15, 0.2) is 0 Å². The van der Waals surface area contributed by atoms with E-state index in [-0.39, 0.29) is 12.1 Å². The van der Waals surface area contributed by atoms with E-state index in [1.54, 1.807) is 0 Å². The van der Waals surface area contributed by atoms with Crippen molar-refractivity contribution in [3.63, 3.8) is 0 Å². The zero-order valence-corrected chi connectivity index (χ0v) is 13.6. The van der Waals surface area contributed by atoms with Gasteiger partial charge in [0.1, 0.15) is 0 Å². The molecular weight excluding hydrogens is 280 g/mol. The van der Waals surface area contributed by atoms with E-state index in [1.165, 1.54) is 16.8 Å². The molecule has 0 heterocycles. The molecule has 2 rings (SSSR count). The van der Waals surface area contributed by atoms with Crippen molar-refractivity contribution in [2.45, 2.75) is 32.4 Å². The first kappa shape index (κ1) is 15.9. The van der Waals surface area contributed by atoms with Crippen molar-refractivity contribution in [2.75, 3.05) is 11.9 Å². The predicted molar refractivity (Wildman–Crippen MR) is 91.9 cm³/mol. The van der Waals surface area contributed by atoms with E-state index < -0.39 is 0 Å². The Labute approximate surface area is 132 Å². The van der Waals surface area contributed by atoms with Crippen molar-refractivity contribution in [1.82, 2.24) is 0 Å². The number of hydrogen-bond donors (Lipinski definition) is 1. The maximum absolute atomic E-state index is 6.25. The number of para-hydroxylation sites is 1. The zero-order valence-electron chi connectivity index (χ0n) is 12.9. The maximum atomic E-state index is 6.25. The molecule has 0 bridgehead atoms. The van der Waals surface area contributed by atoms with Crippen LogP contribution in [0.3, 0.4) is 0 Å². The van der Waals surface area contributed by atoms with E-state index >= 15 is 0 Å². The fourth-order valence-corrected chi connectivity index (χ4v) is 2.64. The van der Waals surface area contributed by atoms with E-state index in [1.807, 2.05) is 12.1 Å². The van der Waals surface area contributed by atoms with Crippen LogP contribution in [-0.2, 0) is 0 Å². The molecule has 2 atom stereocenters. The SMILES string of the molecule is CC[C@H](N)c1ccccc1N(C)C(C)c1ccc(Cl)cc1. The van der Waals surface area contributed by atoms with E-state index in [2.05, 4.69) is 62.2 Å². The van der Waals surface area contributed by atoms with E-state index in [0.717, 1.165) is 11.4 Å². The molecule has 112 valence electrons. The van der Waals surface area contributed by atoms with Gasteiger partial charge in [-0.1, -0.05) is 48.9 Å². The Balaban J connectivity index is 2.31. The number of benzene rings is 2. The van der Waals surface area contributed by atoms with Crippen LogP contribution in [0, 0.1) is 0 Å².